The van der Waals surface area contributed by atoms with Gasteiger partial charge in [-0.15, -0.1) is 0 Å². The second kappa shape index (κ2) is 4.42. The van der Waals surface area contributed by atoms with Crippen molar-refractivity contribution in [3.8, 4) is 0 Å². The lowest BCUT2D eigenvalue weighted by molar-refractivity contribution is -0.195. The summed E-state index contributed by atoms with van der Waals surface area (Å²) in [5.41, 5.74) is 1.86. The summed E-state index contributed by atoms with van der Waals surface area (Å²) in [6, 6.07) is 21.0. The van der Waals surface area contributed by atoms with Crippen molar-refractivity contribution >= 4 is 0 Å². The summed E-state index contributed by atoms with van der Waals surface area (Å²) < 4.78 is 11.4. The van der Waals surface area contributed by atoms with E-state index < -0.39 is 0 Å². The van der Waals surface area contributed by atoms with Crippen LogP contribution in [0.2, 0.25) is 0 Å². The molecule has 0 atom stereocenters. The zero-order valence-electron chi connectivity index (χ0n) is 11.2. The fourth-order valence-corrected chi connectivity index (χ4v) is 3.07. The van der Waals surface area contributed by atoms with E-state index in [1.165, 1.54) is 11.1 Å². The number of rotatable bonds is 2. The predicted octanol–water partition coefficient (Wildman–Crippen LogP) is 2.28. The molecule has 0 unspecified atom stereocenters. The smallest absolute Gasteiger partial charge is 0.167 e. The molecule has 2 saturated heterocycles. The first kappa shape index (κ1) is 12.1. The van der Waals surface area contributed by atoms with Gasteiger partial charge in [-0.05, 0) is 11.1 Å². The van der Waals surface area contributed by atoms with Crippen LogP contribution in [0, 0.1) is 0 Å². The van der Waals surface area contributed by atoms with Crippen LogP contribution in [-0.2, 0) is 15.0 Å². The monoisotopic (exact) mass is 267 g/mol. The van der Waals surface area contributed by atoms with E-state index in [9.17, 15) is 0 Å². The summed E-state index contributed by atoms with van der Waals surface area (Å²) in [7, 11) is 0. The van der Waals surface area contributed by atoms with Crippen LogP contribution in [0.4, 0.5) is 0 Å². The second-order valence-corrected chi connectivity index (χ2v) is 5.54. The minimum atomic E-state index is -0.314. The average molecular weight is 267 g/mol. The number of nitrogens with one attached hydrogen (secondary N) is 1. The van der Waals surface area contributed by atoms with Gasteiger partial charge in [0.05, 0.1) is 25.4 Å². The van der Waals surface area contributed by atoms with E-state index in [-0.39, 0.29) is 11.3 Å². The van der Waals surface area contributed by atoms with Gasteiger partial charge in [0.15, 0.2) is 5.72 Å². The van der Waals surface area contributed by atoms with E-state index in [2.05, 4.69) is 53.8 Å². The summed E-state index contributed by atoms with van der Waals surface area (Å²) in [4.78, 5) is 0. The van der Waals surface area contributed by atoms with Gasteiger partial charge in [0.25, 0.3) is 0 Å². The van der Waals surface area contributed by atoms with Crippen LogP contribution >= 0.6 is 0 Å². The minimum Gasteiger partial charge on any atom is -0.372 e. The largest absolute Gasteiger partial charge is 0.372 e. The highest BCUT2D eigenvalue weighted by molar-refractivity contribution is 5.40. The first-order valence-corrected chi connectivity index (χ1v) is 6.95. The number of hydrogen-bond donors (Lipinski definition) is 1. The Balaban J connectivity index is 1.82. The number of ether oxygens (including phenoxy) is 2. The third kappa shape index (κ3) is 1.71. The van der Waals surface area contributed by atoms with Crippen molar-refractivity contribution < 1.29 is 9.47 Å². The summed E-state index contributed by atoms with van der Waals surface area (Å²) in [5, 5.41) is 3.70. The van der Waals surface area contributed by atoms with E-state index in [1.54, 1.807) is 0 Å². The molecule has 3 heteroatoms. The van der Waals surface area contributed by atoms with Gasteiger partial charge in [-0.1, -0.05) is 60.7 Å². The third-order valence-corrected chi connectivity index (χ3v) is 4.21. The fourth-order valence-electron chi connectivity index (χ4n) is 3.07. The lowest BCUT2D eigenvalue weighted by Crippen LogP contribution is -2.61. The molecule has 0 bridgehead atoms. The SMILES string of the molecule is c1ccc(C2(c3ccccc3)COC3(COC3)N2)cc1. The maximum atomic E-state index is 6.07. The van der Waals surface area contributed by atoms with E-state index in [0.717, 1.165) is 0 Å². The Bertz CT molecular complexity index is 553. The van der Waals surface area contributed by atoms with Crippen LogP contribution in [0.3, 0.4) is 0 Å². The van der Waals surface area contributed by atoms with Crippen molar-refractivity contribution in [2.24, 2.45) is 0 Å². The zero-order valence-corrected chi connectivity index (χ0v) is 11.2. The van der Waals surface area contributed by atoms with Crippen molar-refractivity contribution in [1.29, 1.82) is 0 Å². The molecule has 0 aliphatic carbocycles. The van der Waals surface area contributed by atoms with Crippen molar-refractivity contribution in [3.63, 3.8) is 0 Å². The molecule has 2 aromatic rings. The summed E-state index contributed by atoms with van der Waals surface area (Å²) in [5.74, 6) is 0. The van der Waals surface area contributed by atoms with E-state index >= 15 is 0 Å². The standard InChI is InChI=1S/C17H17NO2/c1-3-7-14(8-4-1)17(15-9-5-2-6-10-15)13-20-16(18-17)11-19-12-16/h1-10,18H,11-13H2. The molecule has 0 aromatic heterocycles. The summed E-state index contributed by atoms with van der Waals surface area (Å²) >= 11 is 0. The second-order valence-electron chi connectivity index (χ2n) is 5.54. The van der Waals surface area contributed by atoms with E-state index in [4.69, 9.17) is 9.47 Å². The summed E-state index contributed by atoms with van der Waals surface area (Å²) in [6.07, 6.45) is 0. The lowest BCUT2D eigenvalue weighted by Gasteiger charge is -2.39. The Morgan fingerprint density at radius 3 is 1.70 bits per heavy atom. The Morgan fingerprint density at radius 1 is 0.750 bits per heavy atom. The zero-order chi connectivity index (χ0) is 13.5. The number of benzene rings is 2. The molecule has 20 heavy (non-hydrogen) atoms. The molecule has 2 aliphatic heterocycles. The normalized spacial score (nSPS) is 22.6. The Hall–Kier alpha value is -1.68. The topological polar surface area (TPSA) is 30.5 Å². The van der Waals surface area contributed by atoms with Crippen LogP contribution in [0.5, 0.6) is 0 Å². The average Bonchev–Trinajstić information content (AvgIpc) is 2.92. The highest BCUT2D eigenvalue weighted by Crippen LogP contribution is 2.40. The molecule has 1 N–H and O–H groups in total. The molecule has 2 heterocycles. The van der Waals surface area contributed by atoms with Crippen LogP contribution in [0.25, 0.3) is 0 Å². The summed E-state index contributed by atoms with van der Waals surface area (Å²) in [6.45, 7) is 1.87. The molecule has 4 rings (SSSR count). The van der Waals surface area contributed by atoms with Crippen molar-refractivity contribution in [2.75, 3.05) is 19.8 Å². The first-order chi connectivity index (χ1) is 9.83. The molecule has 3 nitrogen and oxygen atoms in total. The highest BCUT2D eigenvalue weighted by Gasteiger charge is 2.54. The van der Waals surface area contributed by atoms with Gasteiger partial charge in [0, 0.05) is 0 Å². The molecule has 102 valence electrons. The Morgan fingerprint density at radius 2 is 1.30 bits per heavy atom. The Labute approximate surface area is 118 Å². The molecular weight excluding hydrogens is 250 g/mol. The quantitative estimate of drug-likeness (QED) is 0.905. The molecule has 1 spiro atoms. The molecular formula is C17H17NO2. The van der Waals surface area contributed by atoms with Crippen LogP contribution in [0.1, 0.15) is 11.1 Å². The molecule has 0 radical (unpaired) electrons. The van der Waals surface area contributed by atoms with E-state index in [0.29, 0.717) is 19.8 Å². The van der Waals surface area contributed by atoms with E-state index in [1.807, 2.05) is 12.1 Å². The molecule has 0 saturated carbocycles. The predicted molar refractivity (Wildman–Crippen MR) is 76.3 cm³/mol. The van der Waals surface area contributed by atoms with Gasteiger partial charge < -0.3 is 9.47 Å². The molecule has 2 aromatic carbocycles. The number of hydrogen-bond acceptors (Lipinski definition) is 3. The van der Waals surface area contributed by atoms with Gasteiger partial charge in [-0.25, -0.2) is 0 Å². The third-order valence-electron chi connectivity index (χ3n) is 4.21. The highest BCUT2D eigenvalue weighted by atomic mass is 16.6. The van der Waals surface area contributed by atoms with Gasteiger partial charge in [0.1, 0.15) is 0 Å². The van der Waals surface area contributed by atoms with Gasteiger partial charge >= 0.3 is 0 Å². The molecule has 0 amide bonds. The van der Waals surface area contributed by atoms with Crippen LogP contribution in [0.15, 0.2) is 60.7 Å². The maximum Gasteiger partial charge on any atom is 0.167 e. The van der Waals surface area contributed by atoms with Gasteiger partial charge in [-0.2, -0.15) is 0 Å². The van der Waals surface area contributed by atoms with Gasteiger partial charge in [-0.3, -0.25) is 5.32 Å². The van der Waals surface area contributed by atoms with Crippen LogP contribution < -0.4 is 5.32 Å². The lowest BCUT2D eigenvalue weighted by atomic mass is 9.83. The molecule has 2 aliphatic rings. The van der Waals surface area contributed by atoms with Crippen molar-refractivity contribution in [2.45, 2.75) is 11.3 Å². The van der Waals surface area contributed by atoms with Crippen molar-refractivity contribution in [1.82, 2.24) is 5.32 Å². The molecule has 2 fully saturated rings. The first-order valence-electron chi connectivity index (χ1n) is 6.95. The van der Waals surface area contributed by atoms with Gasteiger partial charge in [0.2, 0.25) is 0 Å². The minimum absolute atomic E-state index is 0.285. The van der Waals surface area contributed by atoms with Crippen LogP contribution in [-0.4, -0.2) is 25.5 Å². The van der Waals surface area contributed by atoms with Crippen molar-refractivity contribution in [3.05, 3.63) is 71.8 Å². The fraction of sp³-hybridized carbons (Fsp3) is 0.294. The Kier molecular flexibility index (Phi) is 2.67. The maximum absolute atomic E-state index is 6.07.